The van der Waals surface area contributed by atoms with Crippen molar-refractivity contribution in [1.82, 2.24) is 0 Å². The van der Waals surface area contributed by atoms with E-state index >= 15 is 0 Å². The molecule has 5 heteroatoms. The van der Waals surface area contributed by atoms with E-state index in [1.165, 1.54) is 6.92 Å². The minimum absolute atomic E-state index is 0.0468. The highest BCUT2D eigenvalue weighted by Gasteiger charge is 2.22. The molecule has 0 radical (unpaired) electrons. The number of aliphatic carboxylic acids is 1. The zero-order valence-corrected chi connectivity index (χ0v) is 16.3. The number of carbonyl (C=O) groups excluding carboxylic acids is 2. The van der Waals surface area contributed by atoms with Crippen molar-refractivity contribution in [2.75, 3.05) is 0 Å². The maximum atomic E-state index is 11.8. The highest BCUT2D eigenvalue weighted by molar-refractivity contribution is 5.82. The van der Waals surface area contributed by atoms with Gasteiger partial charge in [0.1, 0.15) is 12.1 Å². The number of Topliss-reactive ketones (excluding diaryl/α,β-unsaturated/α-hetero) is 1. The van der Waals surface area contributed by atoms with Crippen molar-refractivity contribution < 1.29 is 24.6 Å². The molecule has 0 heterocycles. The van der Waals surface area contributed by atoms with E-state index in [9.17, 15) is 19.5 Å². The molecule has 0 aromatic carbocycles. The molecule has 150 valence electrons. The Bertz CT molecular complexity index is 557. The number of hydrogen-bond acceptors (Lipinski definition) is 4. The summed E-state index contributed by atoms with van der Waals surface area (Å²) in [5, 5.41) is 18.1. The van der Waals surface area contributed by atoms with Crippen LogP contribution in [0.25, 0.3) is 0 Å². The zero-order chi connectivity index (χ0) is 20.5. The SMILES string of the molecule is CCC(O)/C=C/C(C=O)C(C/C=C\C/C=C\C/C=C\CCC(=O)O)C(C)=O. The fraction of sp³-hybridized carbons (Fsp3) is 0.500. The zero-order valence-electron chi connectivity index (χ0n) is 16.3. The van der Waals surface area contributed by atoms with E-state index in [0.717, 1.165) is 19.1 Å². The number of rotatable bonds is 15. The average molecular weight is 376 g/mol. The highest BCUT2D eigenvalue weighted by Crippen LogP contribution is 2.18. The van der Waals surface area contributed by atoms with Crippen LogP contribution in [0.2, 0.25) is 0 Å². The third kappa shape index (κ3) is 13.6. The molecule has 0 spiro atoms. The Morgan fingerprint density at radius 3 is 2.07 bits per heavy atom. The third-order valence-electron chi connectivity index (χ3n) is 4.08. The topological polar surface area (TPSA) is 91.7 Å². The molecule has 0 aromatic rings. The maximum Gasteiger partial charge on any atom is 0.303 e. The monoisotopic (exact) mass is 376 g/mol. The molecule has 0 aliphatic heterocycles. The number of carbonyl (C=O) groups is 3. The first kappa shape index (κ1) is 24.7. The van der Waals surface area contributed by atoms with Crippen LogP contribution in [0.15, 0.2) is 48.6 Å². The second-order valence-corrected chi connectivity index (χ2v) is 6.34. The predicted molar refractivity (Wildman–Crippen MR) is 107 cm³/mol. The van der Waals surface area contributed by atoms with Gasteiger partial charge in [-0.3, -0.25) is 9.59 Å². The summed E-state index contributed by atoms with van der Waals surface area (Å²) >= 11 is 0. The second-order valence-electron chi connectivity index (χ2n) is 6.34. The van der Waals surface area contributed by atoms with E-state index in [2.05, 4.69) is 0 Å². The van der Waals surface area contributed by atoms with Gasteiger partial charge < -0.3 is 15.0 Å². The summed E-state index contributed by atoms with van der Waals surface area (Å²) in [5.41, 5.74) is 0. The Labute approximate surface area is 162 Å². The molecule has 0 bridgehead atoms. The first-order valence-electron chi connectivity index (χ1n) is 9.41. The number of allylic oxidation sites excluding steroid dienone is 7. The van der Waals surface area contributed by atoms with Gasteiger partial charge in [0.15, 0.2) is 0 Å². The van der Waals surface area contributed by atoms with Crippen LogP contribution in [0, 0.1) is 11.8 Å². The molecule has 5 nitrogen and oxygen atoms in total. The van der Waals surface area contributed by atoms with Gasteiger partial charge >= 0.3 is 5.97 Å². The molecule has 3 unspecified atom stereocenters. The van der Waals surface area contributed by atoms with E-state index in [1.54, 1.807) is 12.2 Å². The molecule has 0 amide bonds. The van der Waals surface area contributed by atoms with Crippen molar-refractivity contribution >= 4 is 18.0 Å². The van der Waals surface area contributed by atoms with Gasteiger partial charge in [-0.15, -0.1) is 0 Å². The minimum atomic E-state index is -0.793. The summed E-state index contributed by atoms with van der Waals surface area (Å²) in [5.74, 6) is -1.78. The van der Waals surface area contributed by atoms with Crippen LogP contribution in [0.3, 0.4) is 0 Å². The summed E-state index contributed by atoms with van der Waals surface area (Å²) in [6.07, 6.45) is 18.2. The van der Waals surface area contributed by atoms with E-state index in [-0.39, 0.29) is 12.2 Å². The van der Waals surface area contributed by atoms with Gasteiger partial charge in [0.25, 0.3) is 0 Å². The number of aliphatic hydroxyl groups is 1. The molecule has 0 aliphatic rings. The average Bonchev–Trinajstić information content (AvgIpc) is 2.63. The van der Waals surface area contributed by atoms with Crippen LogP contribution in [0.1, 0.15) is 52.4 Å². The molecule has 2 N–H and O–H groups in total. The number of aliphatic hydroxyl groups excluding tert-OH is 1. The summed E-state index contributed by atoms with van der Waals surface area (Å²) in [6.45, 7) is 3.32. The molecule has 0 aliphatic carbocycles. The summed E-state index contributed by atoms with van der Waals surface area (Å²) in [7, 11) is 0. The lowest BCUT2D eigenvalue weighted by molar-refractivity contribution is -0.136. The van der Waals surface area contributed by atoms with Gasteiger partial charge in [-0.1, -0.05) is 55.5 Å². The maximum absolute atomic E-state index is 11.8. The quantitative estimate of drug-likeness (QED) is 0.332. The van der Waals surface area contributed by atoms with Crippen molar-refractivity contribution in [1.29, 1.82) is 0 Å². The summed E-state index contributed by atoms with van der Waals surface area (Å²) in [4.78, 5) is 33.5. The predicted octanol–water partition coefficient (Wildman–Crippen LogP) is 4.04. The van der Waals surface area contributed by atoms with Gasteiger partial charge in [-0.05, 0) is 39.0 Å². The van der Waals surface area contributed by atoms with Crippen molar-refractivity contribution in [3.8, 4) is 0 Å². The number of aldehydes is 1. The Kier molecular flexibility index (Phi) is 14.6. The highest BCUT2D eigenvalue weighted by atomic mass is 16.4. The molecule has 0 aromatic heterocycles. The van der Waals surface area contributed by atoms with Crippen LogP contribution in [0.5, 0.6) is 0 Å². The number of hydrogen-bond donors (Lipinski definition) is 2. The number of carboxylic acid groups (broad SMARTS) is 1. The Morgan fingerprint density at radius 1 is 0.963 bits per heavy atom. The lowest BCUT2D eigenvalue weighted by atomic mass is 9.86. The lowest BCUT2D eigenvalue weighted by Gasteiger charge is -2.16. The molecule has 0 saturated heterocycles. The first-order valence-corrected chi connectivity index (χ1v) is 9.41. The lowest BCUT2D eigenvalue weighted by Crippen LogP contribution is -2.21. The van der Waals surface area contributed by atoms with E-state index in [4.69, 9.17) is 5.11 Å². The van der Waals surface area contributed by atoms with Crippen LogP contribution in [0.4, 0.5) is 0 Å². The molecule has 0 fully saturated rings. The van der Waals surface area contributed by atoms with Crippen LogP contribution < -0.4 is 0 Å². The van der Waals surface area contributed by atoms with Gasteiger partial charge in [-0.25, -0.2) is 0 Å². The van der Waals surface area contributed by atoms with Crippen molar-refractivity contribution in [2.24, 2.45) is 11.8 Å². The molecule has 3 atom stereocenters. The third-order valence-corrected chi connectivity index (χ3v) is 4.08. The number of carboxylic acids is 1. The molecule has 0 rings (SSSR count). The van der Waals surface area contributed by atoms with Gasteiger partial charge in [0, 0.05) is 18.3 Å². The molecule has 0 saturated carbocycles. The summed E-state index contributed by atoms with van der Waals surface area (Å²) in [6, 6.07) is 0. The van der Waals surface area contributed by atoms with E-state index < -0.39 is 23.9 Å². The Morgan fingerprint density at radius 2 is 1.56 bits per heavy atom. The normalized spacial score (nSPS) is 15.7. The van der Waals surface area contributed by atoms with Crippen LogP contribution >= 0.6 is 0 Å². The van der Waals surface area contributed by atoms with Crippen molar-refractivity contribution in [3.05, 3.63) is 48.6 Å². The summed E-state index contributed by atoms with van der Waals surface area (Å²) < 4.78 is 0. The van der Waals surface area contributed by atoms with Gasteiger partial charge in [0.2, 0.25) is 0 Å². The van der Waals surface area contributed by atoms with Gasteiger partial charge in [-0.2, -0.15) is 0 Å². The largest absolute Gasteiger partial charge is 0.481 e. The Balaban J connectivity index is 4.35. The second kappa shape index (κ2) is 15.9. The standard InChI is InChI=1S/C22H32O5/c1-3-20(25)16-15-19(17-23)21(18(2)24)13-11-9-7-5-4-6-8-10-12-14-22(26)27/h4-5,8-11,15-17,19-21,25H,3,6-7,12-14H2,1-2H3,(H,26,27)/b5-4-,10-8-,11-9-,16-15+. The van der Waals surface area contributed by atoms with Crippen LogP contribution in [-0.2, 0) is 14.4 Å². The minimum Gasteiger partial charge on any atom is -0.481 e. The van der Waals surface area contributed by atoms with Gasteiger partial charge in [0.05, 0.1) is 6.10 Å². The Hall–Kier alpha value is -2.27. The van der Waals surface area contributed by atoms with E-state index in [1.807, 2.05) is 43.4 Å². The van der Waals surface area contributed by atoms with Crippen molar-refractivity contribution in [3.63, 3.8) is 0 Å². The molecular weight excluding hydrogens is 344 g/mol. The number of ketones is 1. The first-order chi connectivity index (χ1) is 12.9. The smallest absolute Gasteiger partial charge is 0.303 e. The fourth-order valence-electron chi connectivity index (χ4n) is 2.37. The molecular formula is C22H32O5. The van der Waals surface area contributed by atoms with Crippen LogP contribution in [-0.4, -0.2) is 34.4 Å². The molecule has 27 heavy (non-hydrogen) atoms. The van der Waals surface area contributed by atoms with E-state index in [0.29, 0.717) is 19.3 Å². The fourth-order valence-corrected chi connectivity index (χ4v) is 2.37. The van der Waals surface area contributed by atoms with Crippen molar-refractivity contribution in [2.45, 2.75) is 58.5 Å².